The van der Waals surface area contributed by atoms with Crippen molar-refractivity contribution >= 4 is 17.3 Å². The second-order valence-electron chi connectivity index (χ2n) is 7.49. The smallest absolute Gasteiger partial charge is 0.161 e. The predicted molar refractivity (Wildman–Crippen MR) is 117 cm³/mol. The zero-order valence-corrected chi connectivity index (χ0v) is 16.8. The summed E-state index contributed by atoms with van der Waals surface area (Å²) in [6, 6.07) is 18.6. The quantitative estimate of drug-likeness (QED) is 0.539. The molecular formula is C23H24N6. The van der Waals surface area contributed by atoms with Crippen LogP contribution in [0.2, 0.25) is 0 Å². The van der Waals surface area contributed by atoms with Crippen LogP contribution >= 0.6 is 0 Å². The highest BCUT2D eigenvalue weighted by atomic mass is 15.4. The van der Waals surface area contributed by atoms with E-state index in [1.54, 1.807) is 0 Å². The summed E-state index contributed by atoms with van der Waals surface area (Å²) in [4.78, 5) is 14.0. The topological polar surface area (TPSA) is 49.6 Å². The Balaban J connectivity index is 1.49. The van der Waals surface area contributed by atoms with E-state index < -0.39 is 0 Å². The fourth-order valence-corrected chi connectivity index (χ4v) is 4.03. The molecule has 0 spiro atoms. The number of rotatable bonds is 3. The molecule has 6 nitrogen and oxygen atoms in total. The van der Waals surface area contributed by atoms with Crippen LogP contribution in [0, 0.1) is 13.8 Å². The zero-order valence-electron chi connectivity index (χ0n) is 16.8. The van der Waals surface area contributed by atoms with E-state index in [0.29, 0.717) is 0 Å². The van der Waals surface area contributed by atoms with Crippen LogP contribution in [-0.2, 0) is 0 Å². The number of hydrogen-bond acceptors (Lipinski definition) is 5. The number of pyridine rings is 1. The van der Waals surface area contributed by atoms with Gasteiger partial charge in [-0.3, -0.25) is 0 Å². The molecule has 0 atom stereocenters. The highest BCUT2D eigenvalue weighted by molar-refractivity contribution is 5.71. The van der Waals surface area contributed by atoms with Gasteiger partial charge in [-0.15, -0.1) is 0 Å². The third-order valence-corrected chi connectivity index (χ3v) is 5.55. The lowest BCUT2D eigenvalue weighted by Gasteiger charge is -2.36. The fourth-order valence-electron chi connectivity index (χ4n) is 4.03. The van der Waals surface area contributed by atoms with Gasteiger partial charge in [0.15, 0.2) is 5.65 Å². The van der Waals surface area contributed by atoms with Crippen molar-refractivity contribution in [1.29, 1.82) is 0 Å². The molecule has 1 aromatic carbocycles. The monoisotopic (exact) mass is 384 g/mol. The predicted octanol–water partition coefficient (Wildman–Crippen LogP) is 3.73. The Hall–Kier alpha value is -3.41. The van der Waals surface area contributed by atoms with Gasteiger partial charge in [0.2, 0.25) is 0 Å². The SMILES string of the molecule is Cc1cc(N2CCN(c3ccccn3)CC2)n2nc(-c3ccccc3)c(C)c2n1. The summed E-state index contributed by atoms with van der Waals surface area (Å²) in [7, 11) is 0. The van der Waals surface area contributed by atoms with E-state index in [1.165, 1.54) is 0 Å². The van der Waals surface area contributed by atoms with Crippen LogP contribution in [0.25, 0.3) is 16.9 Å². The molecular weight excluding hydrogens is 360 g/mol. The first kappa shape index (κ1) is 17.7. The van der Waals surface area contributed by atoms with Gasteiger partial charge < -0.3 is 9.80 Å². The largest absolute Gasteiger partial charge is 0.353 e. The zero-order chi connectivity index (χ0) is 19.8. The maximum atomic E-state index is 4.96. The standard InChI is InChI=1S/C23H24N6/c1-17-16-21(28-14-12-27(13-15-28)20-10-6-7-11-24-20)29-23(25-17)18(2)22(26-29)19-8-4-3-5-9-19/h3-11,16H,12-15H2,1-2H3. The Morgan fingerprint density at radius 3 is 2.28 bits per heavy atom. The molecule has 1 aliphatic rings. The van der Waals surface area contributed by atoms with E-state index in [0.717, 1.165) is 66.0 Å². The fraction of sp³-hybridized carbons (Fsp3) is 0.261. The van der Waals surface area contributed by atoms with Crippen molar-refractivity contribution in [2.45, 2.75) is 13.8 Å². The van der Waals surface area contributed by atoms with Gasteiger partial charge in [-0.05, 0) is 26.0 Å². The molecule has 1 fully saturated rings. The van der Waals surface area contributed by atoms with Crippen LogP contribution in [0.15, 0.2) is 60.8 Å². The lowest BCUT2D eigenvalue weighted by atomic mass is 10.1. The normalized spacial score (nSPS) is 14.6. The molecule has 1 aliphatic heterocycles. The van der Waals surface area contributed by atoms with Crippen LogP contribution in [0.3, 0.4) is 0 Å². The molecule has 0 saturated carbocycles. The van der Waals surface area contributed by atoms with Crippen molar-refractivity contribution in [3.05, 3.63) is 72.1 Å². The molecule has 4 aromatic rings. The molecule has 146 valence electrons. The first-order valence-corrected chi connectivity index (χ1v) is 10.0. The lowest BCUT2D eigenvalue weighted by Crippen LogP contribution is -2.47. The van der Waals surface area contributed by atoms with E-state index >= 15 is 0 Å². The Kier molecular flexibility index (Phi) is 4.39. The Morgan fingerprint density at radius 1 is 0.828 bits per heavy atom. The van der Waals surface area contributed by atoms with Crippen molar-refractivity contribution in [2.75, 3.05) is 36.0 Å². The first-order chi connectivity index (χ1) is 14.2. The number of hydrogen-bond donors (Lipinski definition) is 0. The van der Waals surface area contributed by atoms with Crippen molar-refractivity contribution in [3.8, 4) is 11.3 Å². The van der Waals surface area contributed by atoms with Gasteiger partial charge in [-0.25, -0.2) is 9.97 Å². The summed E-state index contributed by atoms with van der Waals surface area (Å²) < 4.78 is 2.01. The van der Waals surface area contributed by atoms with Gasteiger partial charge >= 0.3 is 0 Å². The highest BCUT2D eigenvalue weighted by Crippen LogP contribution is 2.28. The molecule has 5 rings (SSSR count). The molecule has 6 heteroatoms. The van der Waals surface area contributed by atoms with Crippen molar-refractivity contribution in [3.63, 3.8) is 0 Å². The van der Waals surface area contributed by atoms with Gasteiger partial charge in [0.25, 0.3) is 0 Å². The molecule has 0 amide bonds. The molecule has 4 heterocycles. The average molecular weight is 384 g/mol. The maximum absolute atomic E-state index is 4.96. The van der Waals surface area contributed by atoms with Gasteiger partial charge in [0.05, 0.1) is 5.69 Å². The number of aromatic nitrogens is 4. The molecule has 29 heavy (non-hydrogen) atoms. The number of anilines is 2. The third kappa shape index (κ3) is 3.20. The number of fused-ring (bicyclic) bond motifs is 1. The molecule has 0 N–H and O–H groups in total. The lowest BCUT2D eigenvalue weighted by molar-refractivity contribution is 0.633. The van der Waals surface area contributed by atoms with E-state index in [2.05, 4.69) is 65.0 Å². The van der Waals surface area contributed by atoms with Crippen LogP contribution in [0.4, 0.5) is 11.6 Å². The summed E-state index contributed by atoms with van der Waals surface area (Å²) in [6.45, 7) is 7.89. The molecule has 0 unspecified atom stereocenters. The van der Waals surface area contributed by atoms with Crippen molar-refractivity contribution in [2.24, 2.45) is 0 Å². The highest BCUT2D eigenvalue weighted by Gasteiger charge is 2.22. The van der Waals surface area contributed by atoms with Crippen molar-refractivity contribution < 1.29 is 0 Å². The Labute approximate surface area is 170 Å². The van der Waals surface area contributed by atoms with E-state index in [9.17, 15) is 0 Å². The molecule has 0 radical (unpaired) electrons. The minimum absolute atomic E-state index is 0.925. The molecule has 3 aromatic heterocycles. The van der Waals surface area contributed by atoms with Crippen LogP contribution in [-0.4, -0.2) is 45.8 Å². The number of benzene rings is 1. The van der Waals surface area contributed by atoms with Crippen LogP contribution < -0.4 is 9.80 Å². The third-order valence-electron chi connectivity index (χ3n) is 5.55. The van der Waals surface area contributed by atoms with Gasteiger partial charge in [-0.1, -0.05) is 36.4 Å². The first-order valence-electron chi connectivity index (χ1n) is 10.0. The summed E-state index contributed by atoms with van der Waals surface area (Å²) in [5.41, 5.74) is 5.19. The minimum Gasteiger partial charge on any atom is -0.353 e. The summed E-state index contributed by atoms with van der Waals surface area (Å²) in [5.74, 6) is 2.16. The number of nitrogens with zero attached hydrogens (tertiary/aromatic N) is 6. The second kappa shape index (κ2) is 7.20. The van der Waals surface area contributed by atoms with Gasteiger partial charge in [0.1, 0.15) is 11.6 Å². The summed E-state index contributed by atoms with van der Waals surface area (Å²) in [6.07, 6.45) is 1.86. The second-order valence-corrected chi connectivity index (χ2v) is 7.49. The van der Waals surface area contributed by atoms with Crippen LogP contribution in [0.1, 0.15) is 11.3 Å². The molecule has 1 saturated heterocycles. The van der Waals surface area contributed by atoms with Crippen molar-refractivity contribution in [1.82, 2.24) is 19.6 Å². The summed E-state index contributed by atoms with van der Waals surface area (Å²) in [5, 5.41) is 4.96. The van der Waals surface area contributed by atoms with E-state index in [4.69, 9.17) is 10.1 Å². The number of aryl methyl sites for hydroxylation is 2. The summed E-state index contributed by atoms with van der Waals surface area (Å²) >= 11 is 0. The number of piperazine rings is 1. The Morgan fingerprint density at radius 2 is 1.55 bits per heavy atom. The van der Waals surface area contributed by atoms with E-state index in [1.807, 2.05) is 28.9 Å². The molecule has 0 aliphatic carbocycles. The van der Waals surface area contributed by atoms with Gasteiger partial charge in [0, 0.05) is 55.3 Å². The van der Waals surface area contributed by atoms with E-state index in [-0.39, 0.29) is 0 Å². The van der Waals surface area contributed by atoms with Crippen LogP contribution in [0.5, 0.6) is 0 Å². The minimum atomic E-state index is 0.925. The Bertz CT molecular complexity index is 1130. The van der Waals surface area contributed by atoms with Gasteiger partial charge in [-0.2, -0.15) is 9.61 Å². The maximum Gasteiger partial charge on any atom is 0.161 e. The average Bonchev–Trinajstić information content (AvgIpc) is 3.11. The molecule has 0 bridgehead atoms.